The van der Waals surface area contributed by atoms with Crippen molar-refractivity contribution < 1.29 is 14.8 Å². The summed E-state index contributed by atoms with van der Waals surface area (Å²) in [4.78, 5) is 20.2. The van der Waals surface area contributed by atoms with Crippen molar-refractivity contribution in [3.05, 3.63) is 44.5 Å². The normalized spacial score (nSPS) is 9.79. The average molecular weight is 216 g/mol. The molecule has 0 saturated heterocycles. The van der Waals surface area contributed by atoms with Crippen molar-refractivity contribution in [1.82, 2.24) is 0 Å². The fourth-order valence-corrected chi connectivity index (χ4v) is 1.26. The van der Waals surface area contributed by atoms with E-state index in [0.29, 0.717) is 5.56 Å². The Hall–Kier alpha value is -1.62. The molecule has 1 aromatic rings. The second-order valence-corrected chi connectivity index (χ2v) is 3.02. The van der Waals surface area contributed by atoms with Gasteiger partial charge in [0.05, 0.1) is 10.6 Å². The number of hydrogen-bond acceptors (Lipinski definition) is 3. The molecule has 0 amide bonds. The zero-order valence-corrected chi connectivity index (χ0v) is 7.69. The number of benzene rings is 1. The van der Waals surface area contributed by atoms with Gasteiger partial charge in [-0.2, -0.15) is 0 Å². The van der Waals surface area contributed by atoms with Gasteiger partial charge in [-0.15, -0.1) is 0 Å². The quantitative estimate of drug-likeness (QED) is 0.616. The third-order valence-electron chi connectivity index (χ3n) is 1.58. The van der Waals surface area contributed by atoms with Crippen LogP contribution in [0.2, 0.25) is 5.02 Å². The summed E-state index contributed by atoms with van der Waals surface area (Å²) in [6.07, 6.45) is 0. The molecule has 0 spiro atoms. The number of carboxylic acid groups (broad SMARTS) is 1. The van der Waals surface area contributed by atoms with Crippen LogP contribution < -0.4 is 0 Å². The Kier molecular flexibility index (Phi) is 3.03. The maximum absolute atomic E-state index is 10.5. The minimum atomic E-state index is -1.15. The van der Waals surface area contributed by atoms with Crippen LogP contribution in [0, 0.1) is 10.1 Å². The van der Waals surface area contributed by atoms with E-state index in [4.69, 9.17) is 16.7 Å². The molecule has 0 aromatic heterocycles. The molecule has 14 heavy (non-hydrogen) atoms. The molecule has 0 atom stereocenters. The van der Waals surface area contributed by atoms with E-state index >= 15 is 0 Å². The standard InChI is InChI=1S/C8H6ClNO4/c9-7-3-5(4-10(13)14)1-2-6(7)8(11)12/h1-3H,4H2,(H,11,12). The molecule has 1 aromatic carbocycles. The van der Waals surface area contributed by atoms with Crippen molar-refractivity contribution in [3.8, 4) is 0 Å². The van der Waals surface area contributed by atoms with Crippen LogP contribution in [0.5, 0.6) is 0 Å². The van der Waals surface area contributed by atoms with Crippen molar-refractivity contribution in [2.45, 2.75) is 6.54 Å². The monoisotopic (exact) mass is 215 g/mol. The smallest absolute Gasteiger partial charge is 0.337 e. The number of carboxylic acids is 1. The van der Waals surface area contributed by atoms with Crippen LogP contribution in [0.25, 0.3) is 0 Å². The number of halogens is 1. The number of rotatable bonds is 3. The van der Waals surface area contributed by atoms with Crippen LogP contribution >= 0.6 is 11.6 Å². The average Bonchev–Trinajstić information content (AvgIpc) is 2.01. The molecule has 1 rings (SSSR count). The van der Waals surface area contributed by atoms with Crippen LogP contribution in [-0.2, 0) is 6.54 Å². The van der Waals surface area contributed by atoms with Crippen molar-refractivity contribution in [3.63, 3.8) is 0 Å². The molecule has 1 N–H and O–H groups in total. The fraction of sp³-hybridized carbons (Fsp3) is 0.125. The van der Waals surface area contributed by atoms with Crippen molar-refractivity contribution >= 4 is 17.6 Å². The topological polar surface area (TPSA) is 80.4 Å². The van der Waals surface area contributed by atoms with Gasteiger partial charge in [0.25, 0.3) is 0 Å². The maximum Gasteiger partial charge on any atom is 0.337 e. The number of aromatic carboxylic acids is 1. The van der Waals surface area contributed by atoms with E-state index in [1.807, 2.05) is 0 Å². The summed E-state index contributed by atoms with van der Waals surface area (Å²) in [5.41, 5.74) is 0.323. The lowest BCUT2D eigenvalue weighted by Gasteiger charge is -2.00. The predicted octanol–water partition coefficient (Wildman–Crippen LogP) is 1.81. The van der Waals surface area contributed by atoms with Crippen LogP contribution in [0.3, 0.4) is 0 Å². The fourth-order valence-electron chi connectivity index (χ4n) is 0.979. The van der Waals surface area contributed by atoms with Gasteiger partial charge in [-0.3, -0.25) is 10.1 Å². The third kappa shape index (κ3) is 2.43. The summed E-state index contributed by atoms with van der Waals surface area (Å²) in [5, 5.41) is 18.8. The summed E-state index contributed by atoms with van der Waals surface area (Å²) in [6, 6.07) is 3.91. The van der Waals surface area contributed by atoms with Gasteiger partial charge in [0, 0.05) is 10.5 Å². The van der Waals surface area contributed by atoms with Gasteiger partial charge in [0.1, 0.15) is 0 Å². The minimum Gasteiger partial charge on any atom is -0.478 e. The Morgan fingerprint density at radius 3 is 2.64 bits per heavy atom. The first-order valence-corrected chi connectivity index (χ1v) is 4.02. The van der Waals surface area contributed by atoms with E-state index in [2.05, 4.69) is 0 Å². The lowest BCUT2D eigenvalue weighted by Crippen LogP contribution is -2.01. The lowest BCUT2D eigenvalue weighted by molar-refractivity contribution is -0.496. The van der Waals surface area contributed by atoms with Gasteiger partial charge in [-0.05, 0) is 12.1 Å². The molecule has 6 heteroatoms. The van der Waals surface area contributed by atoms with Crippen molar-refractivity contribution in [1.29, 1.82) is 0 Å². The SMILES string of the molecule is O=C(O)c1ccc(C[N+](=O)[O-])cc1Cl. The van der Waals surface area contributed by atoms with E-state index in [0.717, 1.165) is 0 Å². The molecule has 0 unspecified atom stereocenters. The Bertz CT molecular complexity index is 391. The van der Waals surface area contributed by atoms with Gasteiger partial charge in [0.15, 0.2) is 0 Å². The molecular weight excluding hydrogens is 210 g/mol. The van der Waals surface area contributed by atoms with Gasteiger partial charge in [0.2, 0.25) is 6.54 Å². The molecule has 5 nitrogen and oxygen atoms in total. The number of nitro groups is 1. The Morgan fingerprint density at radius 2 is 2.21 bits per heavy atom. The number of hydrogen-bond donors (Lipinski definition) is 1. The summed E-state index contributed by atoms with van der Waals surface area (Å²) in [6.45, 7) is -0.361. The second kappa shape index (κ2) is 4.06. The van der Waals surface area contributed by atoms with Gasteiger partial charge < -0.3 is 5.11 Å². The van der Waals surface area contributed by atoms with E-state index < -0.39 is 10.9 Å². The summed E-state index contributed by atoms with van der Waals surface area (Å²) < 4.78 is 0. The number of nitrogens with zero attached hydrogens (tertiary/aromatic N) is 1. The first kappa shape index (κ1) is 10.5. The van der Waals surface area contributed by atoms with E-state index in [1.165, 1.54) is 18.2 Å². The second-order valence-electron chi connectivity index (χ2n) is 2.61. The van der Waals surface area contributed by atoms with Gasteiger partial charge in [-0.1, -0.05) is 17.7 Å². The Balaban J connectivity index is 3.00. The lowest BCUT2D eigenvalue weighted by atomic mass is 10.1. The zero-order chi connectivity index (χ0) is 10.7. The first-order chi connectivity index (χ1) is 6.50. The third-order valence-corrected chi connectivity index (χ3v) is 1.89. The molecular formula is C8H6ClNO4. The molecule has 0 aliphatic rings. The largest absolute Gasteiger partial charge is 0.478 e. The zero-order valence-electron chi connectivity index (χ0n) is 6.94. The molecule has 0 radical (unpaired) electrons. The molecule has 0 heterocycles. The molecule has 0 saturated carbocycles. The van der Waals surface area contributed by atoms with Crippen LogP contribution in [0.4, 0.5) is 0 Å². The van der Waals surface area contributed by atoms with E-state index in [9.17, 15) is 14.9 Å². The molecule has 0 bridgehead atoms. The minimum absolute atomic E-state index is 0.0110. The highest BCUT2D eigenvalue weighted by Gasteiger charge is 2.10. The summed E-state index contributed by atoms with van der Waals surface area (Å²) >= 11 is 5.60. The molecule has 74 valence electrons. The summed E-state index contributed by atoms with van der Waals surface area (Å²) in [5.74, 6) is -1.15. The number of carbonyl (C=O) groups is 1. The van der Waals surface area contributed by atoms with Crippen molar-refractivity contribution in [2.24, 2.45) is 0 Å². The highest BCUT2D eigenvalue weighted by molar-refractivity contribution is 6.33. The maximum atomic E-state index is 10.5. The Morgan fingerprint density at radius 1 is 1.57 bits per heavy atom. The van der Waals surface area contributed by atoms with Crippen LogP contribution in [-0.4, -0.2) is 16.0 Å². The van der Waals surface area contributed by atoms with Crippen LogP contribution in [0.1, 0.15) is 15.9 Å². The molecule has 0 aliphatic heterocycles. The predicted molar refractivity (Wildman–Crippen MR) is 49.1 cm³/mol. The highest BCUT2D eigenvalue weighted by atomic mass is 35.5. The van der Waals surface area contributed by atoms with E-state index in [-0.39, 0.29) is 17.1 Å². The van der Waals surface area contributed by atoms with E-state index in [1.54, 1.807) is 0 Å². The Labute approximate surface area is 84.1 Å². The molecule has 0 aliphatic carbocycles. The van der Waals surface area contributed by atoms with Gasteiger partial charge in [-0.25, -0.2) is 4.79 Å². The van der Waals surface area contributed by atoms with Crippen LogP contribution in [0.15, 0.2) is 18.2 Å². The van der Waals surface area contributed by atoms with Gasteiger partial charge >= 0.3 is 5.97 Å². The summed E-state index contributed by atoms with van der Waals surface area (Å²) in [7, 11) is 0. The van der Waals surface area contributed by atoms with Crippen molar-refractivity contribution in [2.75, 3.05) is 0 Å². The molecule has 0 fully saturated rings. The highest BCUT2D eigenvalue weighted by Crippen LogP contribution is 2.18. The first-order valence-electron chi connectivity index (χ1n) is 3.64.